The van der Waals surface area contributed by atoms with Gasteiger partial charge in [0.25, 0.3) is 0 Å². The monoisotopic (exact) mass is 637 g/mol. The molecule has 0 unspecified atom stereocenters. The quantitative estimate of drug-likeness (QED) is 0.142. The highest BCUT2D eigenvalue weighted by molar-refractivity contribution is 6.23. The summed E-state index contributed by atoms with van der Waals surface area (Å²) in [6, 6.07) is 55.6. The first-order valence-electron chi connectivity index (χ1n) is 16.9. The lowest BCUT2D eigenvalue weighted by Crippen LogP contribution is -2.06. The summed E-state index contributed by atoms with van der Waals surface area (Å²) in [5, 5.41) is 6.36. The van der Waals surface area contributed by atoms with E-state index < -0.39 is 0 Å². The lowest BCUT2D eigenvalue weighted by atomic mass is 9.98. The van der Waals surface area contributed by atoms with Crippen LogP contribution in [0.2, 0.25) is 0 Å². The largest absolute Gasteiger partial charge is 0.313 e. The molecule has 4 heterocycles. The predicted octanol–water partition coefficient (Wildman–Crippen LogP) is 11.1. The fraction of sp³-hybridized carbons (Fsp3) is 0. The number of para-hydroxylation sites is 2. The van der Waals surface area contributed by atoms with E-state index in [0.29, 0.717) is 17.5 Å². The zero-order chi connectivity index (χ0) is 32.8. The van der Waals surface area contributed by atoms with Crippen LogP contribution in [0.25, 0.3) is 100.0 Å². The number of nitrogens with zero attached hydrogens (tertiary/aromatic N) is 5. The normalized spacial score (nSPS) is 12.0. The Hall–Kier alpha value is -6.85. The Kier molecular flexibility index (Phi) is 5.60. The van der Waals surface area contributed by atoms with Crippen molar-refractivity contribution in [3.05, 3.63) is 164 Å². The van der Waals surface area contributed by atoms with E-state index in [2.05, 4.69) is 112 Å². The predicted molar refractivity (Wildman–Crippen MR) is 204 cm³/mol. The Labute approximate surface area is 287 Å². The number of fused-ring (bicyclic) bond motifs is 6. The van der Waals surface area contributed by atoms with Gasteiger partial charge in [-0.05, 0) is 52.2 Å². The molecular formula is C45H27N5. The summed E-state index contributed by atoms with van der Waals surface area (Å²) in [6.45, 7) is 0. The van der Waals surface area contributed by atoms with Crippen molar-refractivity contribution < 1.29 is 0 Å². The van der Waals surface area contributed by atoms with Gasteiger partial charge in [0.1, 0.15) is 0 Å². The van der Waals surface area contributed by atoms with Crippen LogP contribution >= 0.6 is 0 Å². The number of pyridine rings is 1. The van der Waals surface area contributed by atoms with Crippen LogP contribution in [0.1, 0.15) is 0 Å². The highest BCUT2D eigenvalue weighted by Gasteiger charge is 2.23. The van der Waals surface area contributed by atoms with Crippen molar-refractivity contribution >= 4 is 49.0 Å². The first-order chi connectivity index (χ1) is 24.8. The molecule has 2 aliphatic rings. The number of aromatic nitrogens is 5. The molecule has 2 aromatic heterocycles. The van der Waals surface area contributed by atoms with E-state index in [1.165, 1.54) is 54.7 Å². The average molecular weight is 638 g/mol. The van der Waals surface area contributed by atoms with Crippen molar-refractivity contribution in [3.8, 4) is 51.0 Å². The second-order valence-corrected chi connectivity index (χ2v) is 12.9. The molecule has 0 atom stereocenters. The number of benzene rings is 7. The highest BCUT2D eigenvalue weighted by Crippen LogP contribution is 2.44. The van der Waals surface area contributed by atoms with Crippen molar-refractivity contribution in [2.45, 2.75) is 0 Å². The van der Waals surface area contributed by atoms with Gasteiger partial charge in [-0.25, -0.2) is 15.0 Å². The molecule has 0 radical (unpaired) electrons. The molecule has 5 nitrogen and oxygen atoms in total. The zero-order valence-electron chi connectivity index (χ0n) is 26.8. The summed E-state index contributed by atoms with van der Waals surface area (Å²) in [6.07, 6.45) is 2.22. The van der Waals surface area contributed by atoms with Gasteiger partial charge >= 0.3 is 0 Å². The minimum Gasteiger partial charge on any atom is -0.313 e. The summed E-state index contributed by atoms with van der Waals surface area (Å²) >= 11 is 0. The summed E-state index contributed by atoms with van der Waals surface area (Å²) in [5.41, 5.74) is 11.3. The third kappa shape index (κ3) is 3.92. The SMILES string of the molecule is c1ccc(-c2nc(-c3ccccc3)nc(-c3ccc(-c4ccc5c6cc7cccc8ccn9c%10ccccc%10n(c5c4)c6c-9c87)cc3)n2)cc1. The van der Waals surface area contributed by atoms with E-state index in [4.69, 9.17) is 15.0 Å². The second kappa shape index (κ2) is 10.3. The number of rotatable bonds is 4. The van der Waals surface area contributed by atoms with Crippen LogP contribution in [0.4, 0.5) is 0 Å². The molecule has 0 fully saturated rings. The van der Waals surface area contributed by atoms with Crippen LogP contribution in [-0.4, -0.2) is 23.9 Å². The average Bonchev–Trinajstić information content (AvgIpc) is 3.52. The van der Waals surface area contributed by atoms with Crippen molar-refractivity contribution in [2.24, 2.45) is 0 Å². The number of hydrogen-bond donors (Lipinski definition) is 0. The molecule has 232 valence electrons. The third-order valence-electron chi connectivity index (χ3n) is 10.1. The van der Waals surface area contributed by atoms with Crippen molar-refractivity contribution in [2.75, 3.05) is 0 Å². The van der Waals surface area contributed by atoms with E-state index in [0.717, 1.165) is 27.8 Å². The van der Waals surface area contributed by atoms with E-state index in [1.54, 1.807) is 0 Å². The number of hydrogen-bond acceptors (Lipinski definition) is 3. The summed E-state index contributed by atoms with van der Waals surface area (Å²) in [5.74, 6) is 1.97. The van der Waals surface area contributed by atoms with Crippen LogP contribution < -0.4 is 0 Å². The Balaban J connectivity index is 1.09. The van der Waals surface area contributed by atoms with Gasteiger partial charge < -0.3 is 8.97 Å². The summed E-state index contributed by atoms with van der Waals surface area (Å²) < 4.78 is 4.85. The van der Waals surface area contributed by atoms with E-state index in [9.17, 15) is 0 Å². The second-order valence-electron chi connectivity index (χ2n) is 12.9. The Bertz CT molecular complexity index is 2950. The molecule has 0 saturated heterocycles. The molecule has 11 rings (SSSR count). The van der Waals surface area contributed by atoms with Gasteiger partial charge in [0.05, 0.1) is 27.8 Å². The third-order valence-corrected chi connectivity index (χ3v) is 10.1. The first kappa shape index (κ1) is 27.1. The van der Waals surface area contributed by atoms with Gasteiger partial charge in [-0.2, -0.15) is 0 Å². The molecule has 0 spiro atoms. The molecule has 0 bridgehead atoms. The zero-order valence-corrected chi connectivity index (χ0v) is 26.8. The van der Waals surface area contributed by atoms with Crippen molar-refractivity contribution in [3.63, 3.8) is 0 Å². The summed E-state index contributed by atoms with van der Waals surface area (Å²) in [7, 11) is 0. The molecule has 50 heavy (non-hydrogen) atoms. The molecule has 9 aromatic rings. The Morgan fingerprint density at radius 2 is 0.960 bits per heavy atom. The minimum atomic E-state index is 0.651. The van der Waals surface area contributed by atoms with E-state index >= 15 is 0 Å². The molecule has 5 heteroatoms. The topological polar surface area (TPSA) is 48.0 Å². The minimum absolute atomic E-state index is 0.651. The maximum atomic E-state index is 4.93. The van der Waals surface area contributed by atoms with Crippen LogP contribution in [0.15, 0.2) is 164 Å². The van der Waals surface area contributed by atoms with Crippen LogP contribution in [0.3, 0.4) is 0 Å². The maximum absolute atomic E-state index is 4.93. The Morgan fingerprint density at radius 1 is 0.380 bits per heavy atom. The van der Waals surface area contributed by atoms with Gasteiger partial charge in [0.15, 0.2) is 17.5 Å². The molecular weight excluding hydrogens is 611 g/mol. The highest BCUT2D eigenvalue weighted by atomic mass is 15.1. The first-order valence-corrected chi connectivity index (χ1v) is 16.9. The van der Waals surface area contributed by atoms with Gasteiger partial charge in [0.2, 0.25) is 0 Å². The smallest absolute Gasteiger partial charge is 0.164 e. The van der Waals surface area contributed by atoms with E-state index in [-0.39, 0.29) is 0 Å². The van der Waals surface area contributed by atoms with Gasteiger partial charge in [-0.15, -0.1) is 0 Å². The lowest BCUT2D eigenvalue weighted by molar-refractivity contribution is 1.07. The molecule has 0 amide bonds. The van der Waals surface area contributed by atoms with Crippen LogP contribution in [-0.2, 0) is 0 Å². The van der Waals surface area contributed by atoms with Crippen molar-refractivity contribution in [1.82, 2.24) is 23.9 Å². The van der Waals surface area contributed by atoms with Crippen LogP contribution in [0, 0.1) is 0 Å². The van der Waals surface area contributed by atoms with Crippen LogP contribution in [0.5, 0.6) is 0 Å². The molecule has 0 aliphatic carbocycles. The van der Waals surface area contributed by atoms with Gasteiger partial charge in [-0.1, -0.05) is 127 Å². The fourth-order valence-electron chi connectivity index (χ4n) is 7.79. The molecule has 7 aromatic carbocycles. The van der Waals surface area contributed by atoms with Gasteiger partial charge in [0, 0.05) is 39.0 Å². The molecule has 2 aliphatic heterocycles. The maximum Gasteiger partial charge on any atom is 0.164 e. The molecule has 0 N–H and O–H groups in total. The van der Waals surface area contributed by atoms with E-state index in [1.807, 2.05) is 60.7 Å². The molecule has 0 saturated carbocycles. The van der Waals surface area contributed by atoms with Crippen molar-refractivity contribution in [1.29, 1.82) is 0 Å². The standard InChI is InChI=1S/C45H27N5/c1-3-10-30(11-4-1)43-46-44(31-12-5-2-6-13-31)48-45(47-43)32-20-18-28(19-21-32)33-22-23-35-36-26-34-15-9-14-29-24-25-49-37-16-7-8-17-38(37)50(39(35)27-33)41(36)42(49)40(29)34/h1-27H. The lowest BCUT2D eigenvalue weighted by Gasteiger charge is -2.22. The summed E-state index contributed by atoms with van der Waals surface area (Å²) in [4.78, 5) is 14.7. The Morgan fingerprint density at radius 3 is 1.66 bits per heavy atom. The fourth-order valence-corrected chi connectivity index (χ4v) is 7.79. The van der Waals surface area contributed by atoms with Gasteiger partial charge in [-0.3, -0.25) is 0 Å².